The summed E-state index contributed by atoms with van der Waals surface area (Å²) in [5, 5.41) is 205. The molecule has 0 radical (unpaired) electrons. The summed E-state index contributed by atoms with van der Waals surface area (Å²) in [4.78, 5) is 0. The highest BCUT2D eigenvalue weighted by Gasteiger charge is 2.70. The summed E-state index contributed by atoms with van der Waals surface area (Å²) >= 11 is 0. The lowest BCUT2D eigenvalue weighted by molar-refractivity contribution is -0.380. The van der Waals surface area contributed by atoms with Crippen molar-refractivity contribution in [1.29, 1.82) is 0 Å². The van der Waals surface area contributed by atoms with Crippen LogP contribution in [0.5, 0.6) is 0 Å². The zero-order valence-electron chi connectivity index (χ0n) is 51.8. The first-order chi connectivity index (χ1) is 41.6. The molecule has 0 aromatic rings. The van der Waals surface area contributed by atoms with Crippen molar-refractivity contribution in [1.82, 2.24) is 0 Å². The van der Waals surface area contributed by atoms with Crippen LogP contribution in [-0.4, -0.2) is 308 Å². The summed E-state index contributed by atoms with van der Waals surface area (Å²) < 4.78 is 59.3. The molecule has 5 saturated heterocycles. The molecule has 19 N–H and O–H groups in total. The van der Waals surface area contributed by atoms with E-state index in [4.69, 9.17) is 47.4 Å². The van der Waals surface area contributed by atoms with Crippen LogP contribution in [0.4, 0.5) is 0 Å². The van der Waals surface area contributed by atoms with Crippen LogP contribution in [0, 0.1) is 45.3 Å². The van der Waals surface area contributed by atoms with E-state index in [9.17, 15) is 97.0 Å². The number of allylic oxidation sites excluding steroid dienone is 1. The van der Waals surface area contributed by atoms with Crippen LogP contribution >= 0.6 is 0 Å². The van der Waals surface area contributed by atoms with Crippen LogP contribution in [-0.2, 0) is 47.4 Å². The van der Waals surface area contributed by atoms with Gasteiger partial charge in [0.1, 0.15) is 122 Å². The van der Waals surface area contributed by atoms with Crippen LogP contribution in [0.1, 0.15) is 107 Å². The van der Waals surface area contributed by atoms with Crippen molar-refractivity contribution in [3.05, 3.63) is 11.6 Å². The standard InChI is InChI=1S/C60H102O29/c1-23(9-13-35(57(4,5)79)88-55-50(89-54-49(78)43(72)38(67)29(20-63)84-54)45(74)40(69)31(86-55)22-81-52-47(76)42(71)37(66)28(19-62)83-52)24-15-16-58(6)32-12-10-25-26(60(32,8)33(64)17-59(24,58)7)11-14-34(56(25,2)3)87-53-48(77)44(73)39(68)30(85-53)21-80-51-46(75)41(70)36(65)27(18-61)82-51/h10,23-24,26-55,61-79H,9,11-22H2,1-8H3/t23-,24-,26-,27-,28-,29+,30-,31-,32+,33-,34+,35?,36?,37-,38+,39-,40-,41+,42+,43-,44+,45+,46-,47?,48-,49+,50-,51-,52-,53+,54-,55+,58+,59?,60+/m1/s1. The summed E-state index contributed by atoms with van der Waals surface area (Å²) in [6, 6.07) is 0. The van der Waals surface area contributed by atoms with Gasteiger partial charge < -0.3 is 144 Å². The predicted molar refractivity (Wildman–Crippen MR) is 300 cm³/mol. The molecule has 0 spiro atoms. The second-order valence-electron chi connectivity index (χ2n) is 28.7. The Morgan fingerprint density at radius 3 is 1.45 bits per heavy atom. The summed E-state index contributed by atoms with van der Waals surface area (Å²) in [7, 11) is 0. The van der Waals surface area contributed by atoms with Gasteiger partial charge >= 0.3 is 0 Å². The predicted octanol–water partition coefficient (Wildman–Crippen LogP) is -5.41. The molecule has 3 saturated carbocycles. The van der Waals surface area contributed by atoms with E-state index in [1.165, 1.54) is 13.8 Å². The first kappa shape index (κ1) is 71.9. The molecule has 0 aromatic carbocycles. The molecule has 35 atom stereocenters. The number of hydrogen-bond acceptors (Lipinski definition) is 29. The molecule has 8 fully saturated rings. The van der Waals surface area contributed by atoms with Crippen LogP contribution in [0.25, 0.3) is 0 Å². The summed E-state index contributed by atoms with van der Waals surface area (Å²) in [5.74, 6) is -0.0172. The largest absolute Gasteiger partial charge is 0.394 e. The highest BCUT2D eigenvalue weighted by Crippen LogP contribution is 2.75. The molecule has 9 aliphatic rings. The van der Waals surface area contributed by atoms with E-state index in [-0.39, 0.29) is 35.5 Å². The lowest BCUT2D eigenvalue weighted by atomic mass is 9.38. The van der Waals surface area contributed by atoms with Gasteiger partial charge in [0.25, 0.3) is 0 Å². The Morgan fingerprint density at radius 1 is 0.517 bits per heavy atom. The third kappa shape index (κ3) is 13.1. The third-order valence-electron chi connectivity index (χ3n) is 22.9. The Balaban J connectivity index is 0.883. The number of rotatable bonds is 20. The van der Waals surface area contributed by atoms with E-state index in [1.807, 2.05) is 13.8 Å². The maximum Gasteiger partial charge on any atom is 0.187 e. The van der Waals surface area contributed by atoms with Crippen molar-refractivity contribution >= 4 is 0 Å². The minimum Gasteiger partial charge on any atom is -0.394 e. The molecular formula is C60H102O29. The van der Waals surface area contributed by atoms with Crippen molar-refractivity contribution in [2.24, 2.45) is 45.3 Å². The van der Waals surface area contributed by atoms with Gasteiger partial charge in [-0.25, -0.2) is 0 Å². The van der Waals surface area contributed by atoms with E-state index in [1.54, 1.807) is 0 Å². The average Bonchev–Trinajstić information content (AvgIpc) is 1.66. The van der Waals surface area contributed by atoms with E-state index >= 15 is 0 Å². The average molecular weight is 1290 g/mol. The summed E-state index contributed by atoms with van der Waals surface area (Å²) in [5.41, 5.74) is -2.49. The fourth-order valence-electron chi connectivity index (χ4n) is 17.0. The molecule has 5 heterocycles. The van der Waals surface area contributed by atoms with E-state index in [0.29, 0.717) is 32.1 Å². The molecule has 9 rings (SSSR count). The molecule has 29 nitrogen and oxygen atoms in total. The molecular weight excluding hydrogens is 1180 g/mol. The molecule has 516 valence electrons. The van der Waals surface area contributed by atoms with Gasteiger partial charge in [0.15, 0.2) is 31.5 Å². The van der Waals surface area contributed by atoms with E-state index < -0.39 is 227 Å². The molecule has 29 heteroatoms. The molecule has 0 aromatic heterocycles. The molecule has 0 amide bonds. The number of hydrogen-bond donors (Lipinski definition) is 19. The van der Waals surface area contributed by atoms with Gasteiger partial charge in [0.2, 0.25) is 0 Å². The van der Waals surface area contributed by atoms with Crippen molar-refractivity contribution in [2.45, 2.75) is 284 Å². The maximum atomic E-state index is 12.8. The number of aliphatic hydroxyl groups excluding tert-OH is 18. The fourth-order valence-corrected chi connectivity index (χ4v) is 17.0. The van der Waals surface area contributed by atoms with Gasteiger partial charge in [-0.15, -0.1) is 0 Å². The van der Waals surface area contributed by atoms with Crippen LogP contribution in [0.3, 0.4) is 0 Å². The van der Waals surface area contributed by atoms with Gasteiger partial charge in [-0.05, 0) is 99.7 Å². The van der Waals surface area contributed by atoms with Gasteiger partial charge in [0.05, 0.1) is 56.9 Å². The van der Waals surface area contributed by atoms with Crippen LogP contribution < -0.4 is 0 Å². The van der Waals surface area contributed by atoms with Crippen molar-refractivity contribution < 1.29 is 144 Å². The van der Waals surface area contributed by atoms with Gasteiger partial charge in [0, 0.05) is 10.8 Å². The smallest absolute Gasteiger partial charge is 0.187 e. The second-order valence-corrected chi connectivity index (χ2v) is 28.7. The van der Waals surface area contributed by atoms with Crippen molar-refractivity contribution in [2.75, 3.05) is 33.0 Å². The summed E-state index contributed by atoms with van der Waals surface area (Å²) in [6.45, 7) is 12.6. The Kier molecular flexibility index (Phi) is 22.3. The first-order valence-corrected chi connectivity index (χ1v) is 31.6. The van der Waals surface area contributed by atoms with E-state index in [0.717, 1.165) is 18.4 Å². The Bertz CT molecular complexity index is 2340. The van der Waals surface area contributed by atoms with Gasteiger partial charge in [-0.2, -0.15) is 0 Å². The highest BCUT2D eigenvalue weighted by atomic mass is 16.8. The lowest BCUT2D eigenvalue weighted by Crippen LogP contribution is -2.65. The highest BCUT2D eigenvalue weighted by molar-refractivity contribution is 5.32. The minimum absolute atomic E-state index is 0.0310. The molecule has 89 heavy (non-hydrogen) atoms. The topological polar surface area (TPSA) is 477 Å². The zero-order chi connectivity index (χ0) is 65.5. The molecule has 4 aliphatic carbocycles. The lowest BCUT2D eigenvalue weighted by Gasteiger charge is -2.67. The van der Waals surface area contributed by atoms with Gasteiger partial charge in [-0.1, -0.05) is 53.2 Å². The monoisotopic (exact) mass is 1290 g/mol. The molecule has 0 bridgehead atoms. The first-order valence-electron chi connectivity index (χ1n) is 31.6. The quantitative estimate of drug-likeness (QED) is 0.0506. The SMILES string of the molecule is C[C@H](CCC(O[C@@H]1O[C@H](CO[C@@H]2O[C@H](CO)[C@@H](O)[C@H](O)C2O)[C@@H](O)[C@H](O)[C@H]1O[C@H]1O[C@@H](CO)[C@H](O)[C@@H](O)[C@@H]1O)C(C)(C)O)[C@H]1CC[C@@]2(C)[C@@H]3CC=C4[C@@H](CC[C@H](O[C@@H]5O[C@H](CO[C@@H]6O[C@H](CO)C(O)[C@H](O)[C@H]6O)[C@@H](O)[C@H](O)[C@H]5O)C4(C)C)[C@]3(C)[C@H](O)CC12C. The maximum absolute atomic E-state index is 12.8. The van der Waals surface area contributed by atoms with Crippen molar-refractivity contribution in [3.8, 4) is 0 Å². The van der Waals surface area contributed by atoms with Crippen LogP contribution in [0.2, 0.25) is 0 Å². The molecule has 5 aliphatic heterocycles. The Labute approximate surface area is 517 Å². The number of aliphatic hydroxyl groups is 19. The number of ether oxygens (including phenoxy) is 10. The molecule has 4 unspecified atom stereocenters. The third-order valence-corrected chi connectivity index (χ3v) is 22.9. The van der Waals surface area contributed by atoms with Crippen molar-refractivity contribution in [3.63, 3.8) is 0 Å². The number of fused-ring (bicyclic) bond motifs is 5. The second kappa shape index (κ2) is 27.6. The Morgan fingerprint density at radius 2 is 0.955 bits per heavy atom. The van der Waals surface area contributed by atoms with Crippen LogP contribution in [0.15, 0.2) is 11.6 Å². The van der Waals surface area contributed by atoms with Gasteiger partial charge in [-0.3, -0.25) is 0 Å². The fraction of sp³-hybridized carbons (Fsp3) is 0.967. The summed E-state index contributed by atoms with van der Waals surface area (Å²) in [6.07, 6.45) is -37.4. The minimum atomic E-state index is -1.96. The normalized spacial score (nSPS) is 51.8. The zero-order valence-corrected chi connectivity index (χ0v) is 51.8. The van der Waals surface area contributed by atoms with E-state index in [2.05, 4.69) is 33.8 Å². The Hall–Kier alpha value is -1.42.